The second-order valence-electron chi connectivity index (χ2n) is 6.04. The van der Waals surface area contributed by atoms with Crippen LogP contribution in [0.2, 0.25) is 0 Å². The summed E-state index contributed by atoms with van der Waals surface area (Å²) in [7, 11) is 1.59. The lowest BCUT2D eigenvalue weighted by Gasteiger charge is -2.17. The maximum Gasteiger partial charge on any atom is 0.283 e. The van der Waals surface area contributed by atoms with E-state index in [4.69, 9.17) is 14.2 Å². The Hall–Kier alpha value is -2.93. The van der Waals surface area contributed by atoms with Crippen LogP contribution in [-0.4, -0.2) is 37.7 Å². The first-order chi connectivity index (χ1) is 14.1. The summed E-state index contributed by atoms with van der Waals surface area (Å²) in [6, 6.07) is 13.0. The van der Waals surface area contributed by atoms with Crippen molar-refractivity contribution in [1.29, 1.82) is 0 Å². The first-order valence-electron chi connectivity index (χ1n) is 9.33. The molecule has 3 rings (SSSR count). The molecule has 0 spiro atoms. The van der Waals surface area contributed by atoms with Crippen molar-refractivity contribution in [1.82, 2.24) is 0 Å². The number of thioether (sulfide) groups is 1. The van der Waals surface area contributed by atoms with E-state index in [2.05, 4.69) is 4.99 Å². The van der Waals surface area contributed by atoms with Crippen molar-refractivity contribution >= 4 is 34.6 Å². The molecule has 2 aromatic carbocycles. The molecule has 1 aliphatic rings. The van der Waals surface area contributed by atoms with E-state index in [1.807, 2.05) is 62.6 Å². The van der Waals surface area contributed by atoms with E-state index in [0.29, 0.717) is 35.6 Å². The molecule has 7 heteroatoms. The minimum Gasteiger partial charge on any atom is -0.494 e. The average Bonchev–Trinajstić information content (AvgIpc) is 3.05. The zero-order valence-electron chi connectivity index (χ0n) is 17.0. The normalized spacial score (nSPS) is 14.9. The highest BCUT2D eigenvalue weighted by Gasteiger charge is 2.31. The zero-order valence-corrected chi connectivity index (χ0v) is 17.8. The fraction of sp³-hybridized carbons (Fsp3) is 0.273. The lowest BCUT2D eigenvalue weighted by molar-refractivity contribution is -0.113. The zero-order chi connectivity index (χ0) is 20.8. The molecule has 0 unspecified atom stereocenters. The number of hydrogen-bond donors (Lipinski definition) is 0. The molecular weight excluding hydrogens is 388 g/mol. The molecule has 0 saturated heterocycles. The molecule has 0 N–H and O–H groups in total. The van der Waals surface area contributed by atoms with Crippen molar-refractivity contribution < 1.29 is 19.0 Å². The Morgan fingerprint density at radius 1 is 1.03 bits per heavy atom. The summed E-state index contributed by atoms with van der Waals surface area (Å²) in [6.07, 6.45) is 3.65. The van der Waals surface area contributed by atoms with Crippen LogP contribution in [0.5, 0.6) is 17.2 Å². The molecule has 2 aromatic rings. The smallest absolute Gasteiger partial charge is 0.283 e. The first-order valence-corrected chi connectivity index (χ1v) is 10.6. The molecule has 0 saturated carbocycles. The number of hydrogen-bond acceptors (Lipinski definition) is 6. The van der Waals surface area contributed by atoms with E-state index in [1.165, 1.54) is 11.8 Å². The van der Waals surface area contributed by atoms with Gasteiger partial charge in [0.15, 0.2) is 16.7 Å². The second-order valence-corrected chi connectivity index (χ2v) is 6.81. The molecule has 29 heavy (non-hydrogen) atoms. The number of rotatable bonds is 7. The van der Waals surface area contributed by atoms with Crippen LogP contribution in [-0.2, 0) is 4.79 Å². The summed E-state index contributed by atoms with van der Waals surface area (Å²) in [5.74, 6) is 1.87. The summed E-state index contributed by atoms with van der Waals surface area (Å²) in [5.41, 5.74) is 1.93. The van der Waals surface area contributed by atoms with Crippen LogP contribution >= 0.6 is 11.8 Å². The highest BCUT2D eigenvalue weighted by molar-refractivity contribution is 8.13. The predicted molar refractivity (Wildman–Crippen MR) is 118 cm³/mol. The summed E-state index contributed by atoms with van der Waals surface area (Å²) in [4.78, 5) is 19.2. The van der Waals surface area contributed by atoms with Gasteiger partial charge in [-0.05, 0) is 68.1 Å². The molecule has 0 fully saturated rings. The SMILES string of the molecule is CCOc1ccc(N2C(=O)C(=Cc3ccc(OCC)c(OC)c3)N=C2SC)cc1. The third-order valence-corrected chi connectivity index (χ3v) is 4.85. The van der Waals surface area contributed by atoms with E-state index in [0.717, 1.165) is 17.0 Å². The van der Waals surface area contributed by atoms with Gasteiger partial charge in [-0.15, -0.1) is 0 Å². The third kappa shape index (κ3) is 4.56. The molecular formula is C22H24N2O4S. The van der Waals surface area contributed by atoms with Gasteiger partial charge in [0.2, 0.25) is 0 Å². The number of anilines is 1. The Bertz CT molecular complexity index is 938. The molecule has 0 atom stereocenters. The minimum atomic E-state index is -0.175. The molecule has 1 amide bonds. The van der Waals surface area contributed by atoms with Gasteiger partial charge in [0.1, 0.15) is 11.4 Å². The second kappa shape index (κ2) is 9.52. The van der Waals surface area contributed by atoms with Crippen molar-refractivity contribution in [3.8, 4) is 17.2 Å². The van der Waals surface area contributed by atoms with Crippen LogP contribution in [0.3, 0.4) is 0 Å². The Labute approximate surface area is 175 Å². The Morgan fingerprint density at radius 2 is 1.76 bits per heavy atom. The van der Waals surface area contributed by atoms with Crippen LogP contribution in [0.25, 0.3) is 6.08 Å². The first kappa shape index (κ1) is 20.8. The van der Waals surface area contributed by atoms with Crippen LogP contribution in [0, 0.1) is 0 Å². The lowest BCUT2D eigenvalue weighted by atomic mass is 10.1. The van der Waals surface area contributed by atoms with E-state index >= 15 is 0 Å². The molecule has 0 radical (unpaired) electrons. The van der Waals surface area contributed by atoms with Gasteiger partial charge in [-0.2, -0.15) is 0 Å². The minimum absolute atomic E-state index is 0.175. The topological polar surface area (TPSA) is 60.4 Å². The molecule has 1 heterocycles. The number of carbonyl (C=O) groups excluding carboxylic acids is 1. The summed E-state index contributed by atoms with van der Waals surface area (Å²) >= 11 is 1.42. The number of carbonyl (C=O) groups is 1. The Kier molecular flexibility index (Phi) is 6.82. The van der Waals surface area contributed by atoms with E-state index in [9.17, 15) is 4.79 Å². The quantitative estimate of drug-likeness (QED) is 0.622. The Balaban J connectivity index is 1.90. The van der Waals surface area contributed by atoms with Gasteiger partial charge in [0.05, 0.1) is 26.0 Å². The number of amidine groups is 1. The highest BCUT2D eigenvalue weighted by Crippen LogP contribution is 2.32. The van der Waals surface area contributed by atoms with Crippen molar-refractivity contribution in [3.63, 3.8) is 0 Å². The van der Waals surface area contributed by atoms with Crippen LogP contribution in [0.1, 0.15) is 19.4 Å². The fourth-order valence-electron chi connectivity index (χ4n) is 2.93. The number of amides is 1. The van der Waals surface area contributed by atoms with Gasteiger partial charge in [-0.3, -0.25) is 9.69 Å². The Morgan fingerprint density at radius 3 is 2.38 bits per heavy atom. The largest absolute Gasteiger partial charge is 0.494 e. The fourth-order valence-corrected chi connectivity index (χ4v) is 3.49. The van der Waals surface area contributed by atoms with E-state index in [1.54, 1.807) is 18.1 Å². The highest BCUT2D eigenvalue weighted by atomic mass is 32.2. The number of benzene rings is 2. The van der Waals surface area contributed by atoms with E-state index in [-0.39, 0.29) is 5.91 Å². The standard InChI is InChI=1S/C22H24N2O4S/c1-5-27-17-10-8-16(9-11-17)24-21(25)18(23-22(24)29-4)13-15-7-12-19(28-6-2)20(14-15)26-3/h7-14H,5-6H2,1-4H3. The lowest BCUT2D eigenvalue weighted by Crippen LogP contribution is -2.29. The summed E-state index contributed by atoms with van der Waals surface area (Å²) < 4.78 is 16.4. The number of aliphatic imine (C=N–C) groups is 1. The van der Waals surface area contributed by atoms with Crippen LogP contribution in [0.4, 0.5) is 5.69 Å². The van der Waals surface area contributed by atoms with Crippen molar-refractivity contribution in [3.05, 3.63) is 53.7 Å². The van der Waals surface area contributed by atoms with Crippen molar-refractivity contribution in [2.24, 2.45) is 4.99 Å². The summed E-state index contributed by atoms with van der Waals surface area (Å²) in [5, 5.41) is 0.628. The van der Waals surface area contributed by atoms with Gasteiger partial charge in [0, 0.05) is 0 Å². The molecule has 0 bridgehead atoms. The molecule has 1 aliphatic heterocycles. The van der Waals surface area contributed by atoms with Crippen molar-refractivity contribution in [2.75, 3.05) is 31.5 Å². The predicted octanol–water partition coefficient (Wildman–Crippen LogP) is 4.60. The number of ether oxygens (including phenoxy) is 3. The number of nitrogens with zero attached hydrogens (tertiary/aromatic N) is 2. The van der Waals surface area contributed by atoms with Crippen LogP contribution in [0.15, 0.2) is 53.2 Å². The molecule has 0 aromatic heterocycles. The van der Waals surface area contributed by atoms with Crippen LogP contribution < -0.4 is 19.1 Å². The summed E-state index contributed by atoms with van der Waals surface area (Å²) in [6.45, 7) is 5.00. The van der Waals surface area contributed by atoms with Gasteiger partial charge in [0.25, 0.3) is 5.91 Å². The maximum atomic E-state index is 13.1. The third-order valence-electron chi connectivity index (χ3n) is 4.21. The molecule has 0 aliphatic carbocycles. The molecule has 6 nitrogen and oxygen atoms in total. The molecule has 152 valence electrons. The average molecular weight is 413 g/mol. The van der Waals surface area contributed by atoms with Gasteiger partial charge >= 0.3 is 0 Å². The monoisotopic (exact) mass is 412 g/mol. The van der Waals surface area contributed by atoms with Gasteiger partial charge < -0.3 is 14.2 Å². The van der Waals surface area contributed by atoms with Crippen molar-refractivity contribution in [2.45, 2.75) is 13.8 Å². The van der Waals surface area contributed by atoms with Gasteiger partial charge in [-0.25, -0.2) is 4.99 Å². The van der Waals surface area contributed by atoms with Gasteiger partial charge in [-0.1, -0.05) is 17.8 Å². The maximum absolute atomic E-state index is 13.1. The van der Waals surface area contributed by atoms with E-state index < -0.39 is 0 Å². The number of methoxy groups -OCH3 is 1.